The number of nitrogens with zero attached hydrogens (tertiary/aromatic N) is 1. The molecule has 2 nitrogen and oxygen atoms in total. The number of benzene rings is 1. The number of hydrogen-bond acceptors (Lipinski definition) is 2. The van der Waals surface area contributed by atoms with Crippen molar-refractivity contribution in [3.63, 3.8) is 0 Å². The average molecular weight is 297 g/mol. The summed E-state index contributed by atoms with van der Waals surface area (Å²) in [5.74, 6) is 0. The molecule has 2 N–H and O–H groups in total. The van der Waals surface area contributed by atoms with Crippen molar-refractivity contribution >= 4 is 11.6 Å². The molecule has 1 aromatic carbocycles. The maximum absolute atomic E-state index is 6.05. The minimum atomic E-state index is 0.0655. The molecule has 1 aromatic rings. The first kappa shape index (κ1) is 17.5. The van der Waals surface area contributed by atoms with Crippen LogP contribution in [-0.4, -0.2) is 24.0 Å². The van der Waals surface area contributed by atoms with Gasteiger partial charge in [0.2, 0.25) is 0 Å². The van der Waals surface area contributed by atoms with Crippen molar-refractivity contribution in [3.05, 3.63) is 34.9 Å². The van der Waals surface area contributed by atoms with E-state index in [-0.39, 0.29) is 5.54 Å². The van der Waals surface area contributed by atoms with Gasteiger partial charge < -0.3 is 5.73 Å². The van der Waals surface area contributed by atoms with Crippen LogP contribution in [0.5, 0.6) is 0 Å². The molecule has 0 fully saturated rings. The zero-order chi connectivity index (χ0) is 15.0. The molecule has 1 unspecified atom stereocenters. The number of rotatable bonds is 9. The predicted octanol–water partition coefficient (Wildman–Crippen LogP) is 4.46. The Balaban J connectivity index is 2.58. The van der Waals surface area contributed by atoms with E-state index in [0.29, 0.717) is 6.54 Å². The fraction of sp³-hybridized carbons (Fsp3) is 0.647. The summed E-state index contributed by atoms with van der Waals surface area (Å²) in [6.45, 7) is 6.09. The van der Waals surface area contributed by atoms with Gasteiger partial charge in [0.25, 0.3) is 0 Å². The third kappa shape index (κ3) is 5.43. The van der Waals surface area contributed by atoms with Gasteiger partial charge in [-0.05, 0) is 38.1 Å². The lowest BCUT2D eigenvalue weighted by Crippen LogP contribution is -2.49. The molecule has 0 aliphatic carbocycles. The van der Waals surface area contributed by atoms with Gasteiger partial charge in [-0.1, -0.05) is 56.3 Å². The van der Waals surface area contributed by atoms with Gasteiger partial charge in [-0.15, -0.1) is 0 Å². The molecule has 1 atom stereocenters. The van der Waals surface area contributed by atoms with E-state index >= 15 is 0 Å². The largest absolute Gasteiger partial charge is 0.329 e. The van der Waals surface area contributed by atoms with E-state index in [0.717, 1.165) is 18.0 Å². The van der Waals surface area contributed by atoms with Crippen molar-refractivity contribution in [1.29, 1.82) is 0 Å². The lowest BCUT2D eigenvalue weighted by atomic mass is 9.92. The summed E-state index contributed by atoms with van der Waals surface area (Å²) in [6.07, 6.45) is 6.30. The quantitative estimate of drug-likeness (QED) is 0.682. The van der Waals surface area contributed by atoms with Crippen LogP contribution in [0.3, 0.4) is 0 Å². The van der Waals surface area contributed by atoms with Crippen LogP contribution in [0.15, 0.2) is 24.3 Å². The standard InChI is InChI=1S/C17H29ClN2/c1-4-5-6-7-11-17(2,14-19)20(3)13-15-9-8-10-16(18)12-15/h8-10,12H,4-7,11,13-14,19H2,1-3H3. The summed E-state index contributed by atoms with van der Waals surface area (Å²) >= 11 is 6.05. The van der Waals surface area contributed by atoms with E-state index in [1.165, 1.54) is 31.2 Å². The molecule has 20 heavy (non-hydrogen) atoms. The van der Waals surface area contributed by atoms with Crippen molar-refractivity contribution in [2.45, 2.75) is 58.0 Å². The molecule has 0 radical (unpaired) electrons. The summed E-state index contributed by atoms with van der Waals surface area (Å²) in [7, 11) is 2.16. The van der Waals surface area contributed by atoms with Crippen molar-refractivity contribution in [3.8, 4) is 0 Å². The van der Waals surface area contributed by atoms with Crippen LogP contribution in [0, 0.1) is 0 Å². The molecule has 0 saturated heterocycles. The number of nitrogens with two attached hydrogens (primary N) is 1. The van der Waals surface area contributed by atoms with E-state index in [1.54, 1.807) is 0 Å². The van der Waals surface area contributed by atoms with Gasteiger partial charge in [0.1, 0.15) is 0 Å². The third-order valence-corrected chi connectivity index (χ3v) is 4.47. The molecule has 0 heterocycles. The van der Waals surface area contributed by atoms with Crippen LogP contribution in [0.4, 0.5) is 0 Å². The Hall–Kier alpha value is -0.570. The second-order valence-corrected chi connectivity index (χ2v) is 6.43. The second-order valence-electron chi connectivity index (χ2n) is 6.00. The summed E-state index contributed by atoms with van der Waals surface area (Å²) in [5, 5.41) is 0.799. The van der Waals surface area contributed by atoms with Crippen LogP contribution in [0.2, 0.25) is 5.02 Å². The van der Waals surface area contributed by atoms with Gasteiger partial charge in [0, 0.05) is 23.7 Å². The van der Waals surface area contributed by atoms with Gasteiger partial charge in [-0.25, -0.2) is 0 Å². The highest BCUT2D eigenvalue weighted by molar-refractivity contribution is 6.30. The highest BCUT2D eigenvalue weighted by Crippen LogP contribution is 2.23. The maximum atomic E-state index is 6.05. The molecule has 0 bridgehead atoms. The van der Waals surface area contributed by atoms with Crippen molar-refractivity contribution in [1.82, 2.24) is 4.90 Å². The number of halogens is 1. The van der Waals surface area contributed by atoms with Crippen molar-refractivity contribution in [2.75, 3.05) is 13.6 Å². The molecule has 3 heteroatoms. The Morgan fingerprint density at radius 1 is 1.25 bits per heavy atom. The van der Waals surface area contributed by atoms with Crippen LogP contribution >= 0.6 is 11.6 Å². The SMILES string of the molecule is CCCCCCC(C)(CN)N(C)Cc1cccc(Cl)c1. The number of unbranched alkanes of at least 4 members (excludes halogenated alkanes) is 3. The van der Waals surface area contributed by atoms with Gasteiger partial charge in [-0.3, -0.25) is 4.90 Å². The maximum Gasteiger partial charge on any atom is 0.0409 e. The molecular weight excluding hydrogens is 268 g/mol. The fourth-order valence-corrected chi connectivity index (χ4v) is 2.69. The minimum absolute atomic E-state index is 0.0655. The van der Waals surface area contributed by atoms with Crippen molar-refractivity contribution < 1.29 is 0 Å². The zero-order valence-corrected chi connectivity index (χ0v) is 13.9. The molecule has 0 amide bonds. The molecule has 0 aliphatic rings. The number of likely N-dealkylation sites (N-methyl/N-ethyl adjacent to an activating group) is 1. The second kappa shape index (κ2) is 8.66. The Morgan fingerprint density at radius 3 is 2.60 bits per heavy atom. The van der Waals surface area contributed by atoms with Crippen LogP contribution < -0.4 is 5.73 Å². The zero-order valence-electron chi connectivity index (χ0n) is 13.2. The van der Waals surface area contributed by atoms with E-state index < -0.39 is 0 Å². The normalized spacial score (nSPS) is 14.5. The molecule has 0 saturated carbocycles. The first-order valence-electron chi connectivity index (χ1n) is 7.67. The topological polar surface area (TPSA) is 29.3 Å². The smallest absolute Gasteiger partial charge is 0.0409 e. The van der Waals surface area contributed by atoms with Crippen LogP contribution in [0.1, 0.15) is 51.5 Å². The molecular formula is C17H29ClN2. The predicted molar refractivity (Wildman–Crippen MR) is 89.1 cm³/mol. The van der Waals surface area contributed by atoms with E-state index in [2.05, 4.69) is 31.9 Å². The summed E-state index contributed by atoms with van der Waals surface area (Å²) in [4.78, 5) is 2.37. The monoisotopic (exact) mass is 296 g/mol. The first-order valence-corrected chi connectivity index (χ1v) is 8.05. The Kier molecular flexibility index (Phi) is 7.57. The molecule has 0 aromatic heterocycles. The molecule has 0 aliphatic heterocycles. The summed E-state index contributed by atoms with van der Waals surface area (Å²) in [5.41, 5.74) is 7.35. The van der Waals surface area contributed by atoms with E-state index in [4.69, 9.17) is 17.3 Å². The van der Waals surface area contributed by atoms with Gasteiger partial charge in [0.05, 0.1) is 0 Å². The van der Waals surface area contributed by atoms with Crippen LogP contribution in [-0.2, 0) is 6.54 Å². The minimum Gasteiger partial charge on any atom is -0.329 e. The Bertz CT molecular complexity index is 394. The highest BCUT2D eigenvalue weighted by Gasteiger charge is 2.27. The third-order valence-electron chi connectivity index (χ3n) is 4.24. The lowest BCUT2D eigenvalue weighted by molar-refractivity contribution is 0.122. The lowest BCUT2D eigenvalue weighted by Gasteiger charge is -2.38. The number of hydrogen-bond donors (Lipinski definition) is 1. The summed E-state index contributed by atoms with van der Waals surface area (Å²) in [6, 6.07) is 8.08. The van der Waals surface area contributed by atoms with E-state index in [1.807, 2.05) is 18.2 Å². The van der Waals surface area contributed by atoms with Crippen LogP contribution in [0.25, 0.3) is 0 Å². The Labute approximate surface area is 129 Å². The molecule has 0 spiro atoms. The molecule has 1 rings (SSSR count). The van der Waals surface area contributed by atoms with E-state index in [9.17, 15) is 0 Å². The van der Waals surface area contributed by atoms with Gasteiger partial charge in [-0.2, -0.15) is 0 Å². The van der Waals surface area contributed by atoms with Gasteiger partial charge >= 0.3 is 0 Å². The molecule has 114 valence electrons. The Morgan fingerprint density at radius 2 is 2.00 bits per heavy atom. The summed E-state index contributed by atoms with van der Waals surface area (Å²) < 4.78 is 0. The highest BCUT2D eigenvalue weighted by atomic mass is 35.5. The van der Waals surface area contributed by atoms with Gasteiger partial charge in [0.15, 0.2) is 0 Å². The fourth-order valence-electron chi connectivity index (χ4n) is 2.48. The average Bonchev–Trinajstić information content (AvgIpc) is 2.43. The van der Waals surface area contributed by atoms with Crippen molar-refractivity contribution in [2.24, 2.45) is 5.73 Å². The first-order chi connectivity index (χ1) is 9.51.